The van der Waals surface area contributed by atoms with Crippen molar-refractivity contribution in [2.45, 2.75) is 25.2 Å². The second-order valence-corrected chi connectivity index (χ2v) is 6.02. The number of aliphatic carboxylic acids is 1. The van der Waals surface area contributed by atoms with Gasteiger partial charge in [0.05, 0.1) is 21.5 Å². The number of nitrogens with zero attached hydrogens (tertiary/aromatic N) is 1. The molecule has 0 aliphatic carbocycles. The van der Waals surface area contributed by atoms with Crippen LogP contribution in [0.4, 0.5) is 5.95 Å². The highest BCUT2D eigenvalue weighted by Crippen LogP contribution is 2.29. The van der Waals surface area contributed by atoms with Gasteiger partial charge < -0.3 is 15.9 Å². The number of carbonyl (C=O) groups is 1. The Hall–Kier alpha value is -2.25. The molecular formula is C15H15Cl2N3O4. The number of aromatic amines is 1. The molecule has 128 valence electrons. The summed E-state index contributed by atoms with van der Waals surface area (Å²) in [6.07, 6.45) is 0.759. The van der Waals surface area contributed by atoms with Crippen LogP contribution in [0.25, 0.3) is 0 Å². The molecule has 0 radical (unpaired) electrons. The number of nitrogen functional groups attached to an aromatic ring is 1. The van der Waals surface area contributed by atoms with Crippen LogP contribution < -0.4 is 11.3 Å². The van der Waals surface area contributed by atoms with Gasteiger partial charge in [0.25, 0.3) is 5.56 Å². The van der Waals surface area contributed by atoms with Crippen LogP contribution in [-0.4, -0.2) is 26.2 Å². The minimum Gasteiger partial charge on any atom is -0.493 e. The molecule has 0 bridgehead atoms. The van der Waals surface area contributed by atoms with E-state index in [0.717, 1.165) is 0 Å². The first-order chi connectivity index (χ1) is 11.3. The van der Waals surface area contributed by atoms with Gasteiger partial charge in [0, 0.05) is 0 Å². The van der Waals surface area contributed by atoms with Crippen molar-refractivity contribution in [3.63, 3.8) is 0 Å². The molecule has 24 heavy (non-hydrogen) atoms. The lowest BCUT2D eigenvalue weighted by Gasteiger charge is -2.13. The summed E-state index contributed by atoms with van der Waals surface area (Å²) in [7, 11) is 0. The molecule has 7 nitrogen and oxygen atoms in total. The van der Waals surface area contributed by atoms with Gasteiger partial charge in [-0.2, -0.15) is 4.98 Å². The highest BCUT2D eigenvalue weighted by atomic mass is 35.5. The van der Waals surface area contributed by atoms with E-state index in [2.05, 4.69) is 9.97 Å². The predicted molar refractivity (Wildman–Crippen MR) is 90.7 cm³/mol. The number of halogens is 2. The van der Waals surface area contributed by atoms with Gasteiger partial charge in [-0.25, -0.2) is 0 Å². The molecule has 0 unspecified atom stereocenters. The summed E-state index contributed by atoms with van der Waals surface area (Å²) in [5, 5.41) is 19.7. The van der Waals surface area contributed by atoms with Crippen LogP contribution in [0, 0.1) is 0 Å². The molecule has 0 aliphatic heterocycles. The van der Waals surface area contributed by atoms with Crippen LogP contribution >= 0.6 is 23.2 Å². The van der Waals surface area contributed by atoms with Crippen LogP contribution in [0.5, 0.6) is 5.88 Å². The van der Waals surface area contributed by atoms with E-state index in [9.17, 15) is 19.8 Å². The maximum atomic E-state index is 11.7. The summed E-state index contributed by atoms with van der Waals surface area (Å²) >= 11 is 11.8. The number of benzene rings is 1. The Morgan fingerprint density at radius 3 is 2.62 bits per heavy atom. The maximum Gasteiger partial charge on any atom is 0.310 e. The highest BCUT2D eigenvalue weighted by Gasteiger charge is 2.21. The molecule has 5 N–H and O–H groups in total. The minimum atomic E-state index is -1.01. The fraction of sp³-hybridized carbons (Fsp3) is 0.267. The van der Waals surface area contributed by atoms with E-state index < -0.39 is 23.3 Å². The lowest BCUT2D eigenvalue weighted by Crippen LogP contribution is -2.17. The van der Waals surface area contributed by atoms with Crippen LogP contribution in [-0.2, 0) is 11.2 Å². The number of hydrogen-bond acceptors (Lipinski definition) is 5. The Balaban J connectivity index is 2.12. The zero-order chi connectivity index (χ0) is 17.9. The molecule has 0 saturated carbocycles. The normalized spacial score (nSPS) is 12.1. The molecular weight excluding hydrogens is 357 g/mol. The third-order valence-electron chi connectivity index (χ3n) is 3.58. The minimum absolute atomic E-state index is 0.0717. The Kier molecular flexibility index (Phi) is 5.69. The zero-order valence-electron chi connectivity index (χ0n) is 12.4. The molecule has 0 amide bonds. The molecule has 1 aromatic heterocycles. The molecule has 1 aromatic carbocycles. The van der Waals surface area contributed by atoms with Crippen molar-refractivity contribution in [3.05, 3.63) is 49.7 Å². The van der Waals surface area contributed by atoms with Gasteiger partial charge in [0.2, 0.25) is 11.8 Å². The highest BCUT2D eigenvalue weighted by molar-refractivity contribution is 6.42. The second-order valence-electron chi connectivity index (χ2n) is 5.21. The first-order valence-corrected chi connectivity index (χ1v) is 7.80. The van der Waals surface area contributed by atoms with E-state index in [1.165, 1.54) is 12.1 Å². The first kappa shape index (κ1) is 18.1. The standard InChI is InChI=1S/C15H15Cl2N3O4/c16-10-5-4-7(6-11(10)17)8(14(23)24)2-1-3-9-12(21)19-15(18)20-13(9)22/h4-6,8H,1-3H2,(H,23,24)(H4,18,19,20,21,22)/t8-/m1/s1. The lowest BCUT2D eigenvalue weighted by molar-refractivity contribution is -0.139. The topological polar surface area (TPSA) is 129 Å². The molecule has 2 aromatic rings. The summed E-state index contributed by atoms with van der Waals surface area (Å²) in [5.74, 6) is -2.44. The second kappa shape index (κ2) is 7.55. The Morgan fingerprint density at radius 1 is 1.33 bits per heavy atom. The largest absolute Gasteiger partial charge is 0.493 e. The molecule has 0 saturated heterocycles. The van der Waals surface area contributed by atoms with E-state index in [0.29, 0.717) is 17.0 Å². The lowest BCUT2D eigenvalue weighted by atomic mass is 9.93. The van der Waals surface area contributed by atoms with Crippen molar-refractivity contribution in [2.24, 2.45) is 0 Å². The average molecular weight is 372 g/mol. The maximum absolute atomic E-state index is 11.7. The predicted octanol–water partition coefficient (Wildman–Crippen LogP) is 2.56. The van der Waals surface area contributed by atoms with Gasteiger partial charge in [-0.15, -0.1) is 0 Å². The van der Waals surface area contributed by atoms with Crippen LogP contribution in [0.3, 0.4) is 0 Å². The summed E-state index contributed by atoms with van der Waals surface area (Å²) in [4.78, 5) is 29.1. The third-order valence-corrected chi connectivity index (χ3v) is 4.31. The van der Waals surface area contributed by atoms with E-state index in [4.69, 9.17) is 28.9 Å². The molecule has 1 atom stereocenters. The van der Waals surface area contributed by atoms with Gasteiger partial charge in [0.15, 0.2) is 0 Å². The van der Waals surface area contributed by atoms with E-state index >= 15 is 0 Å². The number of rotatable bonds is 6. The molecule has 0 spiro atoms. The molecule has 2 rings (SSSR count). The van der Waals surface area contributed by atoms with Crippen molar-refractivity contribution >= 4 is 35.1 Å². The number of carboxylic acid groups (broad SMARTS) is 1. The van der Waals surface area contributed by atoms with Crippen molar-refractivity contribution in [1.29, 1.82) is 0 Å². The molecule has 0 aliphatic rings. The SMILES string of the molecule is Nc1nc(O)c(CCC[C@@H](C(=O)O)c2ccc(Cl)c(Cl)c2)c(=O)[nH]1. The van der Waals surface area contributed by atoms with Crippen molar-refractivity contribution < 1.29 is 15.0 Å². The summed E-state index contributed by atoms with van der Waals surface area (Å²) in [6, 6.07) is 4.65. The smallest absolute Gasteiger partial charge is 0.310 e. The summed E-state index contributed by atoms with van der Waals surface area (Å²) in [6.45, 7) is 0. The fourth-order valence-corrected chi connectivity index (χ4v) is 2.68. The number of nitrogens with one attached hydrogen (secondary N) is 1. The third kappa shape index (κ3) is 4.18. The zero-order valence-corrected chi connectivity index (χ0v) is 13.9. The monoisotopic (exact) mass is 371 g/mol. The number of anilines is 1. The van der Waals surface area contributed by atoms with Crippen LogP contribution in [0.2, 0.25) is 10.0 Å². The number of aromatic nitrogens is 2. The van der Waals surface area contributed by atoms with E-state index in [-0.39, 0.29) is 29.4 Å². The number of H-pyrrole nitrogens is 1. The number of aromatic hydroxyl groups is 1. The van der Waals surface area contributed by atoms with Gasteiger partial charge in [-0.1, -0.05) is 29.3 Å². The van der Waals surface area contributed by atoms with Crippen molar-refractivity contribution in [3.8, 4) is 5.88 Å². The number of nitrogens with two attached hydrogens (primary N) is 1. The quantitative estimate of drug-likeness (QED) is 0.617. The Labute approximate surface area is 147 Å². The number of carboxylic acids is 1. The van der Waals surface area contributed by atoms with E-state index in [1.54, 1.807) is 6.07 Å². The fourth-order valence-electron chi connectivity index (χ4n) is 2.37. The summed E-state index contributed by atoms with van der Waals surface area (Å²) < 4.78 is 0. The van der Waals surface area contributed by atoms with Gasteiger partial charge in [-0.3, -0.25) is 14.6 Å². The van der Waals surface area contributed by atoms with E-state index in [1.807, 2.05) is 0 Å². The molecule has 9 heteroatoms. The van der Waals surface area contributed by atoms with Gasteiger partial charge in [0.1, 0.15) is 0 Å². The van der Waals surface area contributed by atoms with Gasteiger partial charge in [-0.05, 0) is 37.0 Å². The summed E-state index contributed by atoms with van der Waals surface area (Å²) in [5.41, 5.74) is 5.37. The Morgan fingerprint density at radius 2 is 2.04 bits per heavy atom. The molecule has 1 heterocycles. The van der Waals surface area contributed by atoms with Gasteiger partial charge >= 0.3 is 5.97 Å². The number of hydrogen-bond donors (Lipinski definition) is 4. The van der Waals surface area contributed by atoms with Crippen LogP contribution in [0.15, 0.2) is 23.0 Å². The van der Waals surface area contributed by atoms with Crippen LogP contribution in [0.1, 0.15) is 29.9 Å². The average Bonchev–Trinajstić information content (AvgIpc) is 2.48. The van der Waals surface area contributed by atoms with Crippen molar-refractivity contribution in [1.82, 2.24) is 9.97 Å². The molecule has 0 fully saturated rings. The first-order valence-electron chi connectivity index (χ1n) is 7.05. The Bertz CT molecular complexity index is 823. The van der Waals surface area contributed by atoms with Crippen molar-refractivity contribution in [2.75, 3.05) is 5.73 Å².